The summed E-state index contributed by atoms with van der Waals surface area (Å²) in [7, 11) is 0. The van der Waals surface area contributed by atoms with Gasteiger partial charge in [0, 0.05) is 12.4 Å². The number of benzene rings is 1. The van der Waals surface area contributed by atoms with E-state index in [2.05, 4.69) is 15.3 Å². The molecule has 1 amide bonds. The fourth-order valence-corrected chi connectivity index (χ4v) is 2.13. The third-order valence-corrected chi connectivity index (χ3v) is 3.17. The van der Waals surface area contributed by atoms with Gasteiger partial charge in [-0.15, -0.1) is 0 Å². The zero-order valence-electron chi connectivity index (χ0n) is 11.6. The van der Waals surface area contributed by atoms with Crippen LogP contribution in [-0.2, 0) is 11.2 Å². The molecule has 0 saturated heterocycles. The fraction of sp³-hybridized carbons (Fsp3) is 0.267. The van der Waals surface area contributed by atoms with E-state index in [9.17, 15) is 4.79 Å². The number of hydrogen-bond acceptors (Lipinski definition) is 5. The van der Waals surface area contributed by atoms with Gasteiger partial charge in [0.15, 0.2) is 11.5 Å². The largest absolute Gasteiger partial charge is 0.486 e. The summed E-state index contributed by atoms with van der Waals surface area (Å²) in [6, 6.07) is 5.45. The van der Waals surface area contributed by atoms with E-state index in [1.807, 2.05) is 19.1 Å². The number of anilines is 1. The van der Waals surface area contributed by atoms with Gasteiger partial charge >= 0.3 is 0 Å². The molecule has 1 aliphatic rings. The molecule has 0 fully saturated rings. The molecule has 1 aliphatic heterocycles. The smallest absolute Gasteiger partial charge is 0.231 e. The molecule has 6 heteroatoms. The number of aryl methyl sites for hydroxylation is 1. The van der Waals surface area contributed by atoms with Crippen LogP contribution in [0.5, 0.6) is 11.5 Å². The lowest BCUT2D eigenvalue weighted by molar-refractivity contribution is -0.115. The molecule has 2 aromatic rings. The van der Waals surface area contributed by atoms with Crippen molar-refractivity contribution in [3.8, 4) is 11.5 Å². The number of amides is 1. The minimum absolute atomic E-state index is 0.166. The number of rotatable bonds is 3. The topological polar surface area (TPSA) is 73.3 Å². The quantitative estimate of drug-likeness (QED) is 0.929. The van der Waals surface area contributed by atoms with Gasteiger partial charge in [0.1, 0.15) is 13.2 Å². The second-order valence-corrected chi connectivity index (χ2v) is 4.72. The van der Waals surface area contributed by atoms with E-state index >= 15 is 0 Å². The second-order valence-electron chi connectivity index (χ2n) is 4.72. The van der Waals surface area contributed by atoms with Crippen LogP contribution in [-0.4, -0.2) is 29.1 Å². The number of fused-ring (bicyclic) bond motifs is 1. The molecule has 0 aliphatic carbocycles. The van der Waals surface area contributed by atoms with Crippen molar-refractivity contribution in [1.29, 1.82) is 0 Å². The highest BCUT2D eigenvalue weighted by atomic mass is 16.6. The van der Waals surface area contributed by atoms with Gasteiger partial charge in [0.2, 0.25) is 11.9 Å². The number of carbonyl (C=O) groups is 1. The molecule has 0 unspecified atom stereocenters. The Morgan fingerprint density at radius 1 is 1.19 bits per heavy atom. The molecule has 3 rings (SSSR count). The average molecular weight is 285 g/mol. The Kier molecular flexibility index (Phi) is 3.68. The Balaban J connectivity index is 1.74. The molecule has 6 nitrogen and oxygen atoms in total. The van der Waals surface area contributed by atoms with Crippen LogP contribution in [0, 0.1) is 6.92 Å². The van der Waals surface area contributed by atoms with Gasteiger partial charge in [0.25, 0.3) is 0 Å². The number of aromatic nitrogens is 2. The van der Waals surface area contributed by atoms with Gasteiger partial charge in [-0.1, -0.05) is 0 Å². The zero-order chi connectivity index (χ0) is 14.7. The number of hydrogen-bond donors (Lipinski definition) is 1. The van der Waals surface area contributed by atoms with E-state index in [0.717, 1.165) is 16.9 Å². The first kappa shape index (κ1) is 13.4. The van der Waals surface area contributed by atoms with E-state index in [0.29, 0.717) is 24.9 Å². The summed E-state index contributed by atoms with van der Waals surface area (Å²) in [6.45, 7) is 3.02. The summed E-state index contributed by atoms with van der Waals surface area (Å²) in [6.07, 6.45) is 3.40. The molecule has 2 heterocycles. The van der Waals surface area contributed by atoms with Crippen molar-refractivity contribution < 1.29 is 14.3 Å². The maximum Gasteiger partial charge on any atom is 0.231 e. The van der Waals surface area contributed by atoms with Crippen molar-refractivity contribution in [2.24, 2.45) is 0 Å². The molecule has 1 N–H and O–H groups in total. The molecular weight excluding hydrogens is 270 g/mol. The molecule has 0 radical (unpaired) electrons. The Hall–Kier alpha value is -2.63. The Labute approximate surface area is 122 Å². The van der Waals surface area contributed by atoms with E-state index in [4.69, 9.17) is 9.47 Å². The highest BCUT2D eigenvalue weighted by Crippen LogP contribution is 2.33. The summed E-state index contributed by atoms with van der Waals surface area (Å²) < 4.78 is 11.1. The third kappa shape index (κ3) is 3.10. The van der Waals surface area contributed by atoms with Crippen LogP contribution in [0.2, 0.25) is 0 Å². The molecule has 1 aromatic heterocycles. The van der Waals surface area contributed by atoms with Gasteiger partial charge in [-0.2, -0.15) is 0 Å². The van der Waals surface area contributed by atoms with Crippen molar-refractivity contribution in [1.82, 2.24) is 9.97 Å². The van der Waals surface area contributed by atoms with Gasteiger partial charge in [-0.3, -0.25) is 10.1 Å². The average Bonchev–Trinajstić information content (AvgIpc) is 2.49. The molecular formula is C15H15N3O3. The van der Waals surface area contributed by atoms with Crippen LogP contribution in [0.1, 0.15) is 11.1 Å². The Morgan fingerprint density at radius 2 is 1.86 bits per heavy atom. The second kappa shape index (κ2) is 5.78. The van der Waals surface area contributed by atoms with Crippen LogP contribution in [0.15, 0.2) is 30.6 Å². The molecule has 0 bridgehead atoms. The zero-order valence-corrected chi connectivity index (χ0v) is 11.6. The predicted molar refractivity (Wildman–Crippen MR) is 76.5 cm³/mol. The van der Waals surface area contributed by atoms with Crippen molar-refractivity contribution in [2.75, 3.05) is 18.5 Å². The maximum atomic E-state index is 12.0. The number of nitrogens with one attached hydrogen (secondary N) is 1. The highest BCUT2D eigenvalue weighted by molar-refractivity contribution is 5.90. The molecule has 1 aromatic carbocycles. The van der Waals surface area contributed by atoms with E-state index < -0.39 is 0 Å². The summed E-state index contributed by atoms with van der Waals surface area (Å²) >= 11 is 0. The first-order valence-electron chi connectivity index (χ1n) is 6.68. The van der Waals surface area contributed by atoms with Crippen LogP contribution < -0.4 is 14.8 Å². The lowest BCUT2D eigenvalue weighted by atomic mass is 10.0. The minimum Gasteiger partial charge on any atom is -0.486 e. The summed E-state index contributed by atoms with van der Waals surface area (Å²) in [5.74, 6) is 1.55. The van der Waals surface area contributed by atoms with Crippen molar-refractivity contribution in [3.63, 3.8) is 0 Å². The SMILES string of the molecule is Cc1cc2c(cc1CC(=O)Nc1ncccn1)OCCO2. The van der Waals surface area contributed by atoms with Gasteiger partial charge in [-0.25, -0.2) is 9.97 Å². The minimum atomic E-state index is -0.166. The third-order valence-electron chi connectivity index (χ3n) is 3.17. The number of nitrogens with zero attached hydrogens (tertiary/aromatic N) is 2. The van der Waals surface area contributed by atoms with Crippen LogP contribution in [0.25, 0.3) is 0 Å². The van der Waals surface area contributed by atoms with Crippen LogP contribution in [0.4, 0.5) is 5.95 Å². The molecule has 21 heavy (non-hydrogen) atoms. The van der Waals surface area contributed by atoms with Gasteiger partial charge in [0.05, 0.1) is 6.42 Å². The Morgan fingerprint density at radius 3 is 2.57 bits per heavy atom. The first-order valence-corrected chi connectivity index (χ1v) is 6.68. The maximum absolute atomic E-state index is 12.0. The summed E-state index contributed by atoms with van der Waals surface area (Å²) in [5.41, 5.74) is 1.89. The summed E-state index contributed by atoms with van der Waals surface area (Å²) in [4.78, 5) is 20.0. The standard InChI is InChI=1S/C15H15N3O3/c1-10-7-12-13(21-6-5-20-12)8-11(10)9-14(19)18-15-16-3-2-4-17-15/h2-4,7-8H,5-6,9H2,1H3,(H,16,17,18,19). The van der Waals surface area contributed by atoms with Crippen molar-refractivity contribution in [3.05, 3.63) is 41.7 Å². The summed E-state index contributed by atoms with van der Waals surface area (Å²) in [5, 5.41) is 2.66. The molecule has 0 spiro atoms. The highest BCUT2D eigenvalue weighted by Gasteiger charge is 2.16. The normalized spacial score (nSPS) is 12.8. The van der Waals surface area contributed by atoms with Crippen LogP contribution >= 0.6 is 0 Å². The number of carbonyl (C=O) groups excluding carboxylic acids is 1. The monoisotopic (exact) mass is 285 g/mol. The molecule has 108 valence electrons. The van der Waals surface area contributed by atoms with Crippen molar-refractivity contribution in [2.45, 2.75) is 13.3 Å². The number of ether oxygens (including phenoxy) is 2. The van der Waals surface area contributed by atoms with Crippen LogP contribution in [0.3, 0.4) is 0 Å². The predicted octanol–water partition coefficient (Wildman–Crippen LogP) is 1.74. The first-order chi connectivity index (χ1) is 10.2. The van der Waals surface area contributed by atoms with E-state index in [-0.39, 0.29) is 12.3 Å². The molecule has 0 atom stereocenters. The van der Waals surface area contributed by atoms with Crippen molar-refractivity contribution >= 4 is 11.9 Å². The lowest BCUT2D eigenvalue weighted by Crippen LogP contribution is -2.18. The Bertz CT molecular complexity index is 659. The van der Waals surface area contributed by atoms with E-state index in [1.165, 1.54) is 0 Å². The lowest BCUT2D eigenvalue weighted by Gasteiger charge is -2.20. The molecule has 0 saturated carbocycles. The fourth-order valence-electron chi connectivity index (χ4n) is 2.13. The van der Waals surface area contributed by atoms with Gasteiger partial charge < -0.3 is 9.47 Å². The van der Waals surface area contributed by atoms with E-state index in [1.54, 1.807) is 18.5 Å². The van der Waals surface area contributed by atoms with Gasteiger partial charge in [-0.05, 0) is 36.2 Å².